The van der Waals surface area contributed by atoms with Crippen molar-refractivity contribution in [2.45, 2.75) is 27.7 Å². The summed E-state index contributed by atoms with van der Waals surface area (Å²) in [5.41, 5.74) is 0.829. The minimum absolute atomic E-state index is 0.0499. The molecule has 28 heavy (non-hydrogen) atoms. The van der Waals surface area contributed by atoms with E-state index in [9.17, 15) is 4.79 Å². The average Bonchev–Trinajstić information content (AvgIpc) is 2.66. The number of nitrogens with zero attached hydrogens (tertiary/aromatic N) is 4. The molecule has 1 aromatic heterocycles. The zero-order valence-electron chi connectivity index (χ0n) is 16.9. The van der Waals surface area contributed by atoms with Gasteiger partial charge >= 0.3 is 6.01 Å². The van der Waals surface area contributed by atoms with Gasteiger partial charge in [-0.05, 0) is 47.7 Å². The Bertz CT molecular complexity index is 736. The molecule has 7 nitrogen and oxygen atoms in total. The highest BCUT2D eigenvalue weighted by atomic mass is 16.6. The molecule has 0 aliphatic rings. The van der Waals surface area contributed by atoms with Crippen LogP contribution >= 0.6 is 0 Å². The molecule has 0 radical (unpaired) electrons. The van der Waals surface area contributed by atoms with Crippen molar-refractivity contribution < 1.29 is 14.4 Å². The zero-order valence-corrected chi connectivity index (χ0v) is 16.9. The number of rotatable bonds is 10. The van der Waals surface area contributed by atoms with Crippen LogP contribution in [0.2, 0.25) is 0 Å². The summed E-state index contributed by atoms with van der Waals surface area (Å²) < 4.78 is 5.53. The molecule has 0 atom stereocenters. The molecule has 0 saturated heterocycles. The van der Waals surface area contributed by atoms with Crippen LogP contribution in [0.1, 0.15) is 33.3 Å². The second-order valence-electron chi connectivity index (χ2n) is 7.30. The van der Waals surface area contributed by atoms with E-state index in [1.165, 1.54) is 0 Å². The number of ether oxygens (including phenoxy) is 1. The maximum Gasteiger partial charge on any atom is 0.321 e. The first-order valence-electron chi connectivity index (χ1n) is 9.42. The van der Waals surface area contributed by atoms with Crippen molar-refractivity contribution in [2.24, 2.45) is 17.0 Å². The van der Waals surface area contributed by atoms with Crippen LogP contribution in [0.5, 0.6) is 11.8 Å². The fraction of sp³-hybridized carbons (Fsp3) is 0.429. The molecule has 1 aromatic carbocycles. The summed E-state index contributed by atoms with van der Waals surface area (Å²) in [5, 5.41) is 3.90. The molecule has 0 unspecified atom stereocenters. The minimum Gasteiger partial charge on any atom is -0.424 e. The fourth-order valence-corrected chi connectivity index (χ4v) is 2.51. The lowest BCUT2D eigenvalue weighted by molar-refractivity contribution is -0.137. The molecule has 0 spiro atoms. The van der Waals surface area contributed by atoms with E-state index < -0.39 is 0 Å². The molecule has 2 rings (SSSR count). The molecule has 0 N–H and O–H groups in total. The van der Waals surface area contributed by atoms with Gasteiger partial charge in [-0.3, -0.25) is 4.79 Å². The first-order valence-corrected chi connectivity index (χ1v) is 9.42. The van der Waals surface area contributed by atoms with Gasteiger partial charge in [0.25, 0.3) is 5.91 Å². The molecule has 1 heterocycles. The van der Waals surface area contributed by atoms with Gasteiger partial charge < -0.3 is 14.5 Å². The highest BCUT2D eigenvalue weighted by Crippen LogP contribution is 2.17. The summed E-state index contributed by atoms with van der Waals surface area (Å²) in [7, 11) is 0. The van der Waals surface area contributed by atoms with Crippen LogP contribution in [-0.4, -0.2) is 46.7 Å². The van der Waals surface area contributed by atoms with Crippen molar-refractivity contribution >= 4 is 12.1 Å². The summed E-state index contributed by atoms with van der Waals surface area (Å²) in [5.74, 6) is 1.39. The number of hydrogen-bond donors (Lipinski definition) is 0. The van der Waals surface area contributed by atoms with Gasteiger partial charge in [-0.15, -0.1) is 0 Å². The fourth-order valence-electron chi connectivity index (χ4n) is 2.51. The Hall–Kier alpha value is -2.96. The predicted molar refractivity (Wildman–Crippen MR) is 108 cm³/mol. The van der Waals surface area contributed by atoms with Gasteiger partial charge in [0, 0.05) is 25.5 Å². The van der Waals surface area contributed by atoms with E-state index >= 15 is 0 Å². The van der Waals surface area contributed by atoms with Crippen molar-refractivity contribution in [1.29, 1.82) is 0 Å². The van der Waals surface area contributed by atoms with Crippen LogP contribution in [0.4, 0.5) is 0 Å². The summed E-state index contributed by atoms with van der Waals surface area (Å²) in [6.45, 7) is 9.75. The maximum absolute atomic E-state index is 12.3. The van der Waals surface area contributed by atoms with Gasteiger partial charge in [0.1, 0.15) is 5.75 Å². The molecular weight excluding hydrogens is 356 g/mol. The van der Waals surface area contributed by atoms with Crippen LogP contribution < -0.4 is 4.74 Å². The largest absolute Gasteiger partial charge is 0.424 e. The molecule has 0 aliphatic carbocycles. The lowest BCUT2D eigenvalue weighted by atomic mass is 10.1. The van der Waals surface area contributed by atoms with E-state index in [-0.39, 0.29) is 18.5 Å². The smallest absolute Gasteiger partial charge is 0.321 e. The standard InChI is InChI=1S/C21H28N4O3/c1-16(2)13-25(14-17(3)4)20(26)15-27-24-12-18-6-8-19(9-7-18)28-21-22-10-5-11-23-21/h5-12,16-17H,13-15H2,1-4H3/b24-12+. The molecule has 7 heteroatoms. The van der Waals surface area contributed by atoms with Gasteiger partial charge in [0.2, 0.25) is 0 Å². The van der Waals surface area contributed by atoms with Crippen LogP contribution in [0.15, 0.2) is 47.9 Å². The van der Waals surface area contributed by atoms with Gasteiger partial charge in [-0.25, -0.2) is 9.97 Å². The molecule has 0 fully saturated rings. The Kier molecular flexibility index (Phi) is 8.39. The Morgan fingerprint density at radius 2 is 1.68 bits per heavy atom. The molecule has 1 amide bonds. The van der Waals surface area contributed by atoms with Crippen molar-refractivity contribution in [3.05, 3.63) is 48.3 Å². The zero-order chi connectivity index (χ0) is 20.4. The van der Waals surface area contributed by atoms with Crippen LogP contribution in [0, 0.1) is 11.8 Å². The lowest BCUT2D eigenvalue weighted by Gasteiger charge is -2.25. The molecule has 0 saturated carbocycles. The average molecular weight is 384 g/mol. The van der Waals surface area contributed by atoms with Gasteiger partial charge in [0.05, 0.1) is 6.21 Å². The number of carbonyl (C=O) groups is 1. The lowest BCUT2D eigenvalue weighted by Crippen LogP contribution is -2.39. The van der Waals surface area contributed by atoms with E-state index in [1.54, 1.807) is 36.8 Å². The summed E-state index contributed by atoms with van der Waals surface area (Å²) >= 11 is 0. The highest BCUT2D eigenvalue weighted by molar-refractivity contribution is 5.80. The number of carbonyl (C=O) groups excluding carboxylic acids is 1. The Morgan fingerprint density at radius 1 is 1.07 bits per heavy atom. The Labute approximate surface area is 166 Å². The van der Waals surface area contributed by atoms with E-state index in [2.05, 4.69) is 42.8 Å². The van der Waals surface area contributed by atoms with Crippen LogP contribution in [0.25, 0.3) is 0 Å². The first-order chi connectivity index (χ1) is 13.4. The van der Waals surface area contributed by atoms with Crippen LogP contribution in [-0.2, 0) is 9.63 Å². The normalized spacial score (nSPS) is 11.2. The third-order valence-corrected chi connectivity index (χ3v) is 3.62. The summed E-state index contributed by atoms with van der Waals surface area (Å²) in [6, 6.07) is 9.25. The van der Waals surface area contributed by atoms with E-state index in [1.807, 2.05) is 17.0 Å². The summed E-state index contributed by atoms with van der Waals surface area (Å²) in [6.07, 6.45) is 4.79. The highest BCUT2D eigenvalue weighted by Gasteiger charge is 2.16. The number of aromatic nitrogens is 2. The Morgan fingerprint density at radius 3 is 2.25 bits per heavy atom. The topological polar surface area (TPSA) is 76.9 Å². The molecular formula is C21H28N4O3. The predicted octanol–water partition coefficient (Wildman–Crippen LogP) is 3.76. The molecule has 2 aromatic rings. The third kappa shape index (κ3) is 7.73. The van der Waals surface area contributed by atoms with Gasteiger partial charge in [-0.1, -0.05) is 32.9 Å². The second kappa shape index (κ2) is 11.0. The van der Waals surface area contributed by atoms with E-state index in [4.69, 9.17) is 9.57 Å². The monoisotopic (exact) mass is 384 g/mol. The SMILES string of the molecule is CC(C)CN(CC(C)C)C(=O)CO/N=C/c1ccc(Oc2ncccn2)cc1. The van der Waals surface area contributed by atoms with Gasteiger partial charge in [-0.2, -0.15) is 0 Å². The first kappa shape index (κ1) is 21.3. The Balaban J connectivity index is 1.82. The molecule has 0 bridgehead atoms. The van der Waals surface area contributed by atoms with Crippen LogP contribution in [0.3, 0.4) is 0 Å². The van der Waals surface area contributed by atoms with E-state index in [0.717, 1.165) is 18.7 Å². The molecule has 0 aliphatic heterocycles. The van der Waals surface area contributed by atoms with Crippen molar-refractivity contribution in [3.63, 3.8) is 0 Å². The second-order valence-corrected chi connectivity index (χ2v) is 7.30. The van der Waals surface area contributed by atoms with Gasteiger partial charge in [0.15, 0.2) is 6.61 Å². The third-order valence-electron chi connectivity index (χ3n) is 3.62. The maximum atomic E-state index is 12.3. The van der Waals surface area contributed by atoms with Crippen molar-refractivity contribution in [3.8, 4) is 11.8 Å². The van der Waals surface area contributed by atoms with Crippen molar-refractivity contribution in [2.75, 3.05) is 19.7 Å². The number of amides is 1. The number of oxime groups is 1. The van der Waals surface area contributed by atoms with Crippen molar-refractivity contribution in [1.82, 2.24) is 14.9 Å². The summed E-state index contributed by atoms with van der Waals surface area (Å²) in [4.78, 5) is 27.4. The van der Waals surface area contributed by atoms with E-state index in [0.29, 0.717) is 17.6 Å². The number of benzene rings is 1. The quantitative estimate of drug-likeness (QED) is 0.460. The minimum atomic E-state index is -0.0670. The number of hydrogen-bond acceptors (Lipinski definition) is 6. The molecule has 150 valence electrons.